The Morgan fingerprint density at radius 3 is 2.27 bits per heavy atom. The fourth-order valence-electron chi connectivity index (χ4n) is 3.72. The molecule has 1 amide bonds. The van der Waals surface area contributed by atoms with Crippen LogP contribution in [0.2, 0.25) is 5.02 Å². The summed E-state index contributed by atoms with van der Waals surface area (Å²) >= 11 is 6.31. The summed E-state index contributed by atoms with van der Waals surface area (Å²) in [6.07, 6.45) is 1.71. The van der Waals surface area contributed by atoms with Crippen molar-refractivity contribution in [3.05, 3.63) is 101 Å². The number of nitrogens with zero attached hydrogens (tertiary/aromatic N) is 4. The average Bonchev–Trinajstić information content (AvgIpc) is 3.27. The number of amides is 1. The van der Waals surface area contributed by atoms with Gasteiger partial charge in [0.2, 0.25) is 0 Å². The number of halogens is 1. The molecule has 184 valence electrons. The Morgan fingerprint density at radius 1 is 0.838 bits per heavy atom. The van der Waals surface area contributed by atoms with Gasteiger partial charge in [-0.1, -0.05) is 41.0 Å². The molecule has 3 heterocycles. The minimum atomic E-state index is -0.342. The van der Waals surface area contributed by atoms with E-state index in [2.05, 4.69) is 36.1 Å². The van der Waals surface area contributed by atoms with Crippen molar-refractivity contribution in [2.24, 2.45) is 0 Å². The van der Waals surface area contributed by atoms with Crippen molar-refractivity contribution in [2.45, 2.75) is 13.8 Å². The number of hydrogen-bond acceptors (Lipinski definition) is 8. The molecule has 0 saturated heterocycles. The number of nitrogens with one attached hydrogen (secondary N) is 3. The van der Waals surface area contributed by atoms with Gasteiger partial charge in [-0.15, -0.1) is 0 Å². The Kier molecular flexibility index (Phi) is 6.78. The van der Waals surface area contributed by atoms with Crippen LogP contribution in [0.5, 0.6) is 0 Å². The fourth-order valence-corrected chi connectivity index (χ4v) is 3.94. The predicted molar refractivity (Wildman–Crippen MR) is 144 cm³/mol. The van der Waals surface area contributed by atoms with E-state index in [-0.39, 0.29) is 5.91 Å². The lowest BCUT2D eigenvalue weighted by atomic mass is 10.1. The molecule has 3 aromatic heterocycles. The van der Waals surface area contributed by atoms with Gasteiger partial charge in [0.15, 0.2) is 0 Å². The lowest BCUT2D eigenvalue weighted by molar-refractivity contribution is 0.102. The van der Waals surface area contributed by atoms with Gasteiger partial charge in [-0.3, -0.25) is 4.79 Å². The van der Waals surface area contributed by atoms with Crippen molar-refractivity contribution in [3.63, 3.8) is 0 Å². The zero-order valence-corrected chi connectivity index (χ0v) is 20.7. The highest BCUT2D eigenvalue weighted by atomic mass is 35.5. The SMILES string of the molecule is Cc1nc(Nc2ccc(NC(=O)c3c(-c4ccccc4Cl)noc3C)cc2)cc(Nc2ccccn2)n1. The van der Waals surface area contributed by atoms with Crippen molar-refractivity contribution in [2.75, 3.05) is 16.0 Å². The summed E-state index contributed by atoms with van der Waals surface area (Å²) in [5.41, 5.74) is 2.76. The summed E-state index contributed by atoms with van der Waals surface area (Å²) in [4.78, 5) is 26.2. The molecule has 2 aromatic carbocycles. The van der Waals surface area contributed by atoms with E-state index < -0.39 is 0 Å². The van der Waals surface area contributed by atoms with E-state index in [1.165, 1.54) is 0 Å². The van der Waals surface area contributed by atoms with Crippen LogP contribution in [0.4, 0.5) is 28.8 Å². The van der Waals surface area contributed by atoms with Crippen LogP contribution in [0.25, 0.3) is 11.3 Å². The van der Waals surface area contributed by atoms with Crippen LogP contribution in [0.15, 0.2) is 83.5 Å². The molecule has 5 aromatic rings. The zero-order chi connectivity index (χ0) is 25.8. The summed E-state index contributed by atoms with van der Waals surface area (Å²) in [5.74, 6) is 2.59. The molecule has 0 bridgehead atoms. The maximum atomic E-state index is 13.1. The molecule has 0 spiro atoms. The molecular weight excluding hydrogens is 490 g/mol. The number of carbonyl (C=O) groups is 1. The molecule has 0 aliphatic carbocycles. The standard InChI is InChI=1S/C27H22ClN7O2/c1-16-25(26(35-37-16)20-7-3-4-8-21(20)28)27(36)33-19-12-10-18(11-13-19)32-23-15-24(31-17(2)30-23)34-22-9-5-6-14-29-22/h3-15H,1-2H3,(H,33,36)(H2,29,30,31,32,34). The summed E-state index contributed by atoms with van der Waals surface area (Å²) in [5, 5.41) is 13.9. The lowest BCUT2D eigenvalue weighted by Crippen LogP contribution is -2.13. The second-order valence-electron chi connectivity index (χ2n) is 8.12. The Balaban J connectivity index is 1.29. The largest absolute Gasteiger partial charge is 0.360 e. The molecule has 0 aliphatic heterocycles. The summed E-state index contributed by atoms with van der Waals surface area (Å²) in [7, 11) is 0. The number of aryl methyl sites for hydroxylation is 2. The topological polar surface area (TPSA) is 118 Å². The second-order valence-corrected chi connectivity index (χ2v) is 8.53. The third-order valence-electron chi connectivity index (χ3n) is 5.39. The number of aromatic nitrogens is 4. The average molecular weight is 512 g/mol. The molecule has 0 unspecified atom stereocenters. The molecule has 37 heavy (non-hydrogen) atoms. The van der Waals surface area contributed by atoms with Gasteiger partial charge < -0.3 is 20.5 Å². The molecule has 0 aliphatic rings. The summed E-state index contributed by atoms with van der Waals surface area (Å²) < 4.78 is 5.31. The predicted octanol–water partition coefficient (Wildman–Crippen LogP) is 6.54. The lowest BCUT2D eigenvalue weighted by Gasteiger charge is -2.11. The van der Waals surface area contributed by atoms with Crippen molar-refractivity contribution < 1.29 is 9.32 Å². The first-order chi connectivity index (χ1) is 18.0. The van der Waals surface area contributed by atoms with E-state index in [1.807, 2.05) is 49.4 Å². The van der Waals surface area contributed by atoms with Crippen LogP contribution in [0.1, 0.15) is 21.9 Å². The Morgan fingerprint density at radius 2 is 1.54 bits per heavy atom. The highest BCUT2D eigenvalue weighted by molar-refractivity contribution is 6.33. The van der Waals surface area contributed by atoms with Gasteiger partial charge in [0.1, 0.15) is 40.3 Å². The number of benzene rings is 2. The zero-order valence-electron chi connectivity index (χ0n) is 20.0. The Labute approximate surface area is 217 Å². The smallest absolute Gasteiger partial charge is 0.261 e. The first kappa shape index (κ1) is 24.0. The number of pyridine rings is 1. The minimum absolute atomic E-state index is 0.333. The molecule has 0 atom stereocenters. The number of rotatable bonds is 7. The molecule has 0 saturated carbocycles. The Bertz CT molecular complexity index is 1550. The van der Waals surface area contributed by atoms with Gasteiger partial charge in [-0.05, 0) is 56.3 Å². The van der Waals surface area contributed by atoms with Crippen molar-refractivity contribution in [1.82, 2.24) is 20.1 Å². The first-order valence-electron chi connectivity index (χ1n) is 11.4. The van der Waals surface area contributed by atoms with Gasteiger partial charge >= 0.3 is 0 Å². The maximum absolute atomic E-state index is 13.1. The van der Waals surface area contributed by atoms with Crippen LogP contribution in [-0.2, 0) is 0 Å². The van der Waals surface area contributed by atoms with Crippen LogP contribution in [0, 0.1) is 13.8 Å². The van der Waals surface area contributed by atoms with Crippen LogP contribution in [0.3, 0.4) is 0 Å². The number of hydrogen-bond donors (Lipinski definition) is 3. The second kappa shape index (κ2) is 10.5. The van der Waals surface area contributed by atoms with Crippen molar-refractivity contribution in [3.8, 4) is 11.3 Å². The van der Waals surface area contributed by atoms with Gasteiger partial charge in [-0.2, -0.15) is 0 Å². The van der Waals surface area contributed by atoms with Crippen LogP contribution in [-0.4, -0.2) is 26.0 Å². The number of anilines is 5. The molecule has 9 nitrogen and oxygen atoms in total. The van der Waals surface area contributed by atoms with Crippen molar-refractivity contribution in [1.29, 1.82) is 0 Å². The monoisotopic (exact) mass is 511 g/mol. The Hall–Kier alpha value is -4.76. The quantitative estimate of drug-likeness (QED) is 0.225. The van der Waals surface area contributed by atoms with Crippen LogP contribution >= 0.6 is 11.6 Å². The van der Waals surface area contributed by atoms with Gasteiger partial charge in [0.05, 0.1) is 5.02 Å². The molecule has 10 heteroatoms. The maximum Gasteiger partial charge on any atom is 0.261 e. The van der Waals surface area contributed by atoms with E-state index in [0.29, 0.717) is 56.6 Å². The van der Waals surface area contributed by atoms with E-state index in [1.54, 1.807) is 43.5 Å². The van der Waals surface area contributed by atoms with E-state index in [4.69, 9.17) is 16.1 Å². The van der Waals surface area contributed by atoms with Crippen molar-refractivity contribution >= 4 is 46.3 Å². The molecule has 3 N–H and O–H groups in total. The van der Waals surface area contributed by atoms with Gasteiger partial charge in [0, 0.05) is 29.2 Å². The minimum Gasteiger partial charge on any atom is -0.360 e. The molecular formula is C27H22ClN7O2. The molecule has 5 rings (SSSR count). The summed E-state index contributed by atoms with van der Waals surface area (Å²) in [6, 6.07) is 21.8. The third-order valence-corrected chi connectivity index (χ3v) is 5.72. The normalized spacial score (nSPS) is 10.7. The van der Waals surface area contributed by atoms with E-state index >= 15 is 0 Å². The highest BCUT2D eigenvalue weighted by Gasteiger charge is 2.23. The fraction of sp³-hybridized carbons (Fsp3) is 0.0741. The molecule has 0 fully saturated rings. The van der Waals surface area contributed by atoms with E-state index in [9.17, 15) is 4.79 Å². The van der Waals surface area contributed by atoms with Gasteiger partial charge in [-0.25, -0.2) is 15.0 Å². The molecule has 0 radical (unpaired) electrons. The van der Waals surface area contributed by atoms with E-state index in [0.717, 1.165) is 5.69 Å². The van der Waals surface area contributed by atoms with Crippen LogP contribution < -0.4 is 16.0 Å². The number of carbonyl (C=O) groups excluding carboxylic acids is 1. The van der Waals surface area contributed by atoms with Gasteiger partial charge in [0.25, 0.3) is 5.91 Å². The highest BCUT2D eigenvalue weighted by Crippen LogP contribution is 2.31. The summed E-state index contributed by atoms with van der Waals surface area (Å²) in [6.45, 7) is 3.51. The third kappa shape index (κ3) is 5.57. The first-order valence-corrected chi connectivity index (χ1v) is 11.8.